The Balaban J connectivity index is 1.52. The van der Waals surface area contributed by atoms with Gasteiger partial charge < -0.3 is 16.0 Å². The summed E-state index contributed by atoms with van der Waals surface area (Å²) in [7, 11) is 0. The number of benzene rings is 1. The van der Waals surface area contributed by atoms with Crippen LogP contribution < -0.4 is 16.0 Å². The maximum atomic E-state index is 13.5. The van der Waals surface area contributed by atoms with Gasteiger partial charge in [0, 0.05) is 25.2 Å². The lowest BCUT2D eigenvalue weighted by Gasteiger charge is -2.17. The molecule has 132 valence electrons. The van der Waals surface area contributed by atoms with Crippen LogP contribution in [0.1, 0.15) is 17.7 Å². The van der Waals surface area contributed by atoms with Crippen LogP contribution >= 0.6 is 0 Å². The molecule has 8 heteroatoms. The molecule has 2 aromatic rings. The highest BCUT2D eigenvalue weighted by Gasteiger charge is 2.15. The number of aryl methyl sites for hydroxylation is 1. The topological polar surface area (TPSA) is 66.0 Å². The molecule has 0 fully saturated rings. The van der Waals surface area contributed by atoms with Crippen molar-refractivity contribution in [3.63, 3.8) is 0 Å². The summed E-state index contributed by atoms with van der Waals surface area (Å²) in [5.41, 5.74) is 1.56. The highest BCUT2D eigenvalue weighted by Crippen LogP contribution is 2.20. The van der Waals surface area contributed by atoms with Crippen LogP contribution in [0.2, 0.25) is 0 Å². The average molecular weight is 350 g/mol. The lowest BCUT2D eigenvalue weighted by molar-refractivity contribution is 0.252. The minimum Gasteiger partial charge on any atom is -0.370 e. The molecule has 3 N–H and O–H groups in total. The molecule has 5 nitrogen and oxygen atoms in total. The van der Waals surface area contributed by atoms with E-state index in [0.29, 0.717) is 6.42 Å². The van der Waals surface area contributed by atoms with Gasteiger partial charge in [-0.2, -0.15) is 0 Å². The molecule has 1 aliphatic rings. The molecule has 0 aliphatic carbocycles. The van der Waals surface area contributed by atoms with Gasteiger partial charge in [0.15, 0.2) is 17.5 Å². The highest BCUT2D eigenvalue weighted by molar-refractivity contribution is 5.89. The summed E-state index contributed by atoms with van der Waals surface area (Å²) in [6.45, 7) is 1.16. The van der Waals surface area contributed by atoms with E-state index in [1.165, 1.54) is 5.56 Å². The van der Waals surface area contributed by atoms with Crippen molar-refractivity contribution >= 4 is 17.5 Å². The van der Waals surface area contributed by atoms with E-state index < -0.39 is 29.2 Å². The summed E-state index contributed by atoms with van der Waals surface area (Å²) < 4.78 is 39.5. The summed E-state index contributed by atoms with van der Waals surface area (Å²) >= 11 is 0. The average Bonchev–Trinajstić information content (AvgIpc) is 2.62. The zero-order chi connectivity index (χ0) is 17.8. The van der Waals surface area contributed by atoms with Crippen LogP contribution in [0.15, 0.2) is 24.3 Å². The predicted octanol–water partition coefficient (Wildman–Crippen LogP) is 3.22. The minimum atomic E-state index is -1.62. The molecule has 2 heterocycles. The van der Waals surface area contributed by atoms with Crippen LogP contribution in [0.5, 0.6) is 0 Å². The Labute approximate surface area is 142 Å². The van der Waals surface area contributed by atoms with E-state index in [2.05, 4.69) is 20.9 Å². The maximum absolute atomic E-state index is 13.5. The zero-order valence-corrected chi connectivity index (χ0v) is 13.3. The van der Waals surface area contributed by atoms with Gasteiger partial charge in [-0.1, -0.05) is 6.07 Å². The van der Waals surface area contributed by atoms with E-state index in [-0.39, 0.29) is 6.54 Å². The predicted molar refractivity (Wildman–Crippen MR) is 88.1 cm³/mol. The first kappa shape index (κ1) is 17.1. The Morgan fingerprint density at radius 1 is 1.16 bits per heavy atom. The van der Waals surface area contributed by atoms with E-state index in [1.807, 2.05) is 12.1 Å². The Kier molecular flexibility index (Phi) is 5.06. The fourth-order valence-electron chi connectivity index (χ4n) is 2.60. The number of carbonyl (C=O) groups excluding carboxylic acids is 1. The Hall–Kier alpha value is -2.77. The number of anilines is 2. The molecule has 25 heavy (non-hydrogen) atoms. The SMILES string of the molecule is O=C(NCCc1ccc2c(n1)NCCC2)Nc1ccc(F)c(F)c1F. The number of aromatic nitrogens is 1. The number of pyridine rings is 1. The second kappa shape index (κ2) is 7.42. The first-order chi connectivity index (χ1) is 12.0. The van der Waals surface area contributed by atoms with Crippen LogP contribution in [0.4, 0.5) is 29.5 Å². The molecule has 0 spiro atoms. The number of fused-ring (bicyclic) bond motifs is 1. The third kappa shape index (κ3) is 4.01. The van der Waals surface area contributed by atoms with Gasteiger partial charge in [-0.15, -0.1) is 0 Å². The van der Waals surface area contributed by atoms with Crippen LogP contribution in [0.3, 0.4) is 0 Å². The number of nitrogens with one attached hydrogen (secondary N) is 3. The fourth-order valence-corrected chi connectivity index (χ4v) is 2.60. The number of amides is 2. The lowest BCUT2D eigenvalue weighted by atomic mass is 10.1. The summed E-state index contributed by atoms with van der Waals surface area (Å²) in [6, 6.07) is 4.92. The van der Waals surface area contributed by atoms with Gasteiger partial charge in [0.25, 0.3) is 0 Å². The molecule has 0 saturated carbocycles. The molecule has 1 aliphatic heterocycles. The summed E-state index contributed by atoms with van der Waals surface area (Å²) in [5.74, 6) is -3.49. The number of rotatable bonds is 4. The highest BCUT2D eigenvalue weighted by atomic mass is 19.2. The van der Waals surface area contributed by atoms with Gasteiger partial charge >= 0.3 is 6.03 Å². The van der Waals surface area contributed by atoms with Gasteiger partial charge in [0.1, 0.15) is 5.82 Å². The van der Waals surface area contributed by atoms with Crippen molar-refractivity contribution < 1.29 is 18.0 Å². The third-order valence-corrected chi connectivity index (χ3v) is 3.90. The van der Waals surface area contributed by atoms with E-state index in [0.717, 1.165) is 43.0 Å². The van der Waals surface area contributed by atoms with E-state index in [9.17, 15) is 18.0 Å². The minimum absolute atomic E-state index is 0.267. The van der Waals surface area contributed by atoms with Crippen molar-refractivity contribution in [1.82, 2.24) is 10.3 Å². The molecule has 3 rings (SSSR count). The number of urea groups is 1. The number of nitrogens with zero attached hydrogens (tertiary/aromatic N) is 1. The van der Waals surface area contributed by atoms with Crippen molar-refractivity contribution in [2.75, 3.05) is 23.7 Å². The molecule has 0 atom stereocenters. The molecular formula is C17H17F3N4O. The molecule has 1 aromatic heterocycles. The molecule has 2 amide bonds. The Morgan fingerprint density at radius 3 is 2.84 bits per heavy atom. The lowest BCUT2D eigenvalue weighted by Crippen LogP contribution is -2.31. The molecule has 0 saturated heterocycles. The standard InChI is InChI=1S/C17H17F3N4O/c18-12-5-6-13(15(20)14(12)19)24-17(25)22-9-7-11-4-3-10-2-1-8-21-16(10)23-11/h3-6H,1-2,7-9H2,(H,21,23)(H2,22,24,25). The number of hydrogen-bond acceptors (Lipinski definition) is 3. The Bertz CT molecular complexity index is 798. The maximum Gasteiger partial charge on any atom is 0.319 e. The monoisotopic (exact) mass is 350 g/mol. The first-order valence-corrected chi connectivity index (χ1v) is 7.95. The first-order valence-electron chi connectivity index (χ1n) is 7.95. The third-order valence-electron chi connectivity index (χ3n) is 3.90. The van der Waals surface area contributed by atoms with E-state index >= 15 is 0 Å². The van der Waals surface area contributed by atoms with Crippen molar-refractivity contribution in [3.8, 4) is 0 Å². The molecule has 0 bridgehead atoms. The van der Waals surface area contributed by atoms with Crippen LogP contribution in [0, 0.1) is 17.5 Å². The van der Waals surface area contributed by atoms with Gasteiger partial charge in [0.2, 0.25) is 0 Å². The van der Waals surface area contributed by atoms with Crippen molar-refractivity contribution in [2.45, 2.75) is 19.3 Å². The molecular weight excluding hydrogens is 333 g/mol. The normalized spacial score (nSPS) is 12.9. The second-order valence-electron chi connectivity index (χ2n) is 5.69. The van der Waals surface area contributed by atoms with E-state index in [4.69, 9.17) is 0 Å². The molecule has 0 unspecified atom stereocenters. The van der Waals surface area contributed by atoms with Crippen molar-refractivity contribution in [3.05, 3.63) is 53.0 Å². The fraction of sp³-hybridized carbons (Fsp3) is 0.294. The zero-order valence-electron chi connectivity index (χ0n) is 13.3. The quantitative estimate of drug-likeness (QED) is 0.742. The van der Waals surface area contributed by atoms with Gasteiger partial charge in [-0.3, -0.25) is 0 Å². The van der Waals surface area contributed by atoms with Crippen molar-refractivity contribution in [1.29, 1.82) is 0 Å². The van der Waals surface area contributed by atoms with Crippen LogP contribution in [0.25, 0.3) is 0 Å². The smallest absolute Gasteiger partial charge is 0.319 e. The van der Waals surface area contributed by atoms with Crippen LogP contribution in [-0.4, -0.2) is 24.1 Å². The van der Waals surface area contributed by atoms with Gasteiger partial charge in [-0.25, -0.2) is 22.9 Å². The van der Waals surface area contributed by atoms with Crippen LogP contribution in [-0.2, 0) is 12.8 Å². The summed E-state index contributed by atoms with van der Waals surface area (Å²) in [4.78, 5) is 16.2. The number of halogens is 3. The second-order valence-corrected chi connectivity index (χ2v) is 5.69. The number of hydrogen-bond donors (Lipinski definition) is 3. The molecule has 0 radical (unpaired) electrons. The van der Waals surface area contributed by atoms with E-state index in [1.54, 1.807) is 0 Å². The molecule has 1 aromatic carbocycles. The summed E-state index contributed by atoms with van der Waals surface area (Å²) in [6.07, 6.45) is 2.56. The van der Waals surface area contributed by atoms with Gasteiger partial charge in [0.05, 0.1) is 5.69 Å². The Morgan fingerprint density at radius 2 is 2.00 bits per heavy atom. The number of carbonyl (C=O) groups is 1. The largest absolute Gasteiger partial charge is 0.370 e. The summed E-state index contributed by atoms with van der Waals surface area (Å²) in [5, 5.41) is 7.91. The van der Waals surface area contributed by atoms with Crippen molar-refractivity contribution in [2.24, 2.45) is 0 Å². The van der Waals surface area contributed by atoms with Gasteiger partial charge in [-0.05, 0) is 36.6 Å².